The first-order valence-electron chi connectivity index (χ1n) is 8.30. The number of nitrogens with zero attached hydrogens (tertiary/aromatic N) is 2. The molecule has 0 heterocycles. The molecule has 2 N–H and O–H groups in total. The SMILES string of the molecule is O=C(N/N=C(\C=N\O)c1ccc(Oc2ccccc2)cc1)c1cccc(Br)c1. The second-order valence-corrected chi connectivity index (χ2v) is 6.55. The van der Waals surface area contributed by atoms with Crippen molar-refractivity contribution in [3.8, 4) is 11.5 Å². The number of carbonyl (C=O) groups is 1. The third kappa shape index (κ3) is 5.28. The molecule has 0 aromatic heterocycles. The van der Waals surface area contributed by atoms with E-state index >= 15 is 0 Å². The Balaban J connectivity index is 1.74. The van der Waals surface area contributed by atoms with Gasteiger partial charge in [0.25, 0.3) is 5.91 Å². The highest BCUT2D eigenvalue weighted by atomic mass is 79.9. The quantitative estimate of drug-likeness (QED) is 0.328. The number of hydrogen-bond donors (Lipinski definition) is 2. The molecule has 0 aliphatic rings. The number of hydrogen-bond acceptors (Lipinski definition) is 5. The van der Waals surface area contributed by atoms with Crippen molar-refractivity contribution in [1.29, 1.82) is 0 Å². The lowest BCUT2D eigenvalue weighted by Gasteiger charge is -2.07. The maximum atomic E-state index is 12.2. The van der Waals surface area contributed by atoms with E-state index in [-0.39, 0.29) is 11.6 Å². The van der Waals surface area contributed by atoms with Gasteiger partial charge in [-0.15, -0.1) is 0 Å². The molecule has 0 aliphatic heterocycles. The minimum Gasteiger partial charge on any atom is -0.457 e. The van der Waals surface area contributed by atoms with Crippen LogP contribution < -0.4 is 10.2 Å². The Morgan fingerprint density at radius 1 is 0.929 bits per heavy atom. The van der Waals surface area contributed by atoms with Crippen LogP contribution in [0.5, 0.6) is 11.5 Å². The van der Waals surface area contributed by atoms with Crippen molar-refractivity contribution in [1.82, 2.24) is 5.43 Å². The minimum atomic E-state index is -0.380. The van der Waals surface area contributed by atoms with Crippen molar-refractivity contribution in [2.24, 2.45) is 10.3 Å². The van der Waals surface area contributed by atoms with Gasteiger partial charge in [0.1, 0.15) is 17.2 Å². The average Bonchev–Trinajstić information content (AvgIpc) is 2.72. The standard InChI is InChI=1S/C21H16BrN3O3/c22-17-6-4-5-16(13-17)21(26)25-24-20(14-23-27)15-9-11-19(12-10-15)28-18-7-2-1-3-8-18/h1-14,27H,(H,25,26)/b23-14+,24-20+. The lowest BCUT2D eigenvalue weighted by molar-refractivity contribution is 0.0955. The smallest absolute Gasteiger partial charge is 0.271 e. The first kappa shape index (κ1) is 19.3. The molecule has 140 valence electrons. The number of amides is 1. The predicted octanol–water partition coefficient (Wildman–Crippen LogP) is 4.84. The van der Waals surface area contributed by atoms with Gasteiger partial charge in [-0.05, 0) is 54.6 Å². The first-order chi connectivity index (χ1) is 13.7. The molecular weight excluding hydrogens is 422 g/mol. The van der Waals surface area contributed by atoms with Crippen LogP contribution in [-0.2, 0) is 0 Å². The van der Waals surface area contributed by atoms with E-state index in [1.807, 2.05) is 36.4 Å². The molecule has 0 bridgehead atoms. The van der Waals surface area contributed by atoms with E-state index in [4.69, 9.17) is 9.94 Å². The molecule has 0 spiro atoms. The normalized spacial score (nSPS) is 11.4. The molecule has 0 saturated carbocycles. The van der Waals surface area contributed by atoms with Crippen LogP contribution >= 0.6 is 15.9 Å². The first-order valence-corrected chi connectivity index (χ1v) is 9.09. The number of para-hydroxylation sites is 1. The van der Waals surface area contributed by atoms with Crippen LogP contribution in [0.15, 0.2) is 93.6 Å². The molecule has 6 nitrogen and oxygen atoms in total. The number of rotatable bonds is 6. The Bertz CT molecular complexity index is 1000. The summed E-state index contributed by atoms with van der Waals surface area (Å²) in [6, 6.07) is 23.4. The van der Waals surface area contributed by atoms with Crippen LogP contribution in [0.2, 0.25) is 0 Å². The van der Waals surface area contributed by atoms with E-state index in [9.17, 15) is 4.79 Å². The number of ether oxygens (including phenoxy) is 1. The fourth-order valence-corrected chi connectivity index (χ4v) is 2.75. The maximum absolute atomic E-state index is 12.2. The van der Waals surface area contributed by atoms with Gasteiger partial charge in [-0.2, -0.15) is 5.10 Å². The second-order valence-electron chi connectivity index (χ2n) is 5.63. The summed E-state index contributed by atoms with van der Waals surface area (Å²) < 4.78 is 6.53. The van der Waals surface area contributed by atoms with Crippen LogP contribution in [0.1, 0.15) is 15.9 Å². The molecule has 0 radical (unpaired) electrons. The number of oxime groups is 1. The third-order valence-electron chi connectivity index (χ3n) is 3.67. The zero-order chi connectivity index (χ0) is 19.8. The van der Waals surface area contributed by atoms with Crippen LogP contribution in [0.25, 0.3) is 0 Å². The molecule has 28 heavy (non-hydrogen) atoms. The lowest BCUT2D eigenvalue weighted by Crippen LogP contribution is -2.20. The molecule has 0 saturated heterocycles. The topological polar surface area (TPSA) is 83.3 Å². The van der Waals surface area contributed by atoms with Gasteiger partial charge in [0, 0.05) is 15.6 Å². The summed E-state index contributed by atoms with van der Waals surface area (Å²) >= 11 is 3.32. The van der Waals surface area contributed by atoms with Gasteiger partial charge in [-0.25, -0.2) is 5.43 Å². The summed E-state index contributed by atoms with van der Waals surface area (Å²) in [6.45, 7) is 0. The summed E-state index contributed by atoms with van der Waals surface area (Å²) in [6.07, 6.45) is 1.15. The van der Waals surface area contributed by atoms with E-state index in [0.29, 0.717) is 16.9 Å². The molecule has 7 heteroatoms. The highest BCUT2D eigenvalue weighted by molar-refractivity contribution is 9.10. The predicted molar refractivity (Wildman–Crippen MR) is 111 cm³/mol. The maximum Gasteiger partial charge on any atom is 0.271 e. The van der Waals surface area contributed by atoms with E-state index in [0.717, 1.165) is 16.4 Å². The Morgan fingerprint density at radius 3 is 2.32 bits per heavy atom. The van der Waals surface area contributed by atoms with Gasteiger partial charge >= 0.3 is 0 Å². The minimum absolute atomic E-state index is 0.289. The van der Waals surface area contributed by atoms with E-state index < -0.39 is 0 Å². The number of halogens is 1. The summed E-state index contributed by atoms with van der Waals surface area (Å²) in [4.78, 5) is 12.2. The van der Waals surface area contributed by atoms with E-state index in [2.05, 4.69) is 31.6 Å². The molecule has 0 fully saturated rings. The highest BCUT2D eigenvalue weighted by Gasteiger charge is 2.07. The number of hydrazone groups is 1. The largest absolute Gasteiger partial charge is 0.457 e. The van der Waals surface area contributed by atoms with Crippen LogP contribution in [0, 0.1) is 0 Å². The van der Waals surface area contributed by atoms with E-state index in [1.54, 1.807) is 42.5 Å². The van der Waals surface area contributed by atoms with Gasteiger partial charge in [0.15, 0.2) is 0 Å². The fourth-order valence-electron chi connectivity index (χ4n) is 2.35. The van der Waals surface area contributed by atoms with Crippen molar-refractivity contribution in [3.05, 3.63) is 94.5 Å². The van der Waals surface area contributed by atoms with E-state index in [1.165, 1.54) is 0 Å². The Kier molecular flexibility index (Phi) is 6.54. The van der Waals surface area contributed by atoms with Crippen molar-refractivity contribution in [2.75, 3.05) is 0 Å². The molecule has 0 aliphatic carbocycles. The number of benzene rings is 3. The summed E-state index contributed by atoms with van der Waals surface area (Å²) in [5.41, 5.74) is 3.84. The van der Waals surface area contributed by atoms with Crippen LogP contribution in [0.3, 0.4) is 0 Å². The second kappa shape index (κ2) is 9.48. The van der Waals surface area contributed by atoms with Gasteiger partial charge in [0.05, 0.1) is 6.21 Å². The Morgan fingerprint density at radius 2 is 1.64 bits per heavy atom. The molecule has 0 atom stereocenters. The molecular formula is C21H16BrN3O3. The Hall–Kier alpha value is -3.45. The van der Waals surface area contributed by atoms with Crippen LogP contribution in [-0.4, -0.2) is 23.0 Å². The van der Waals surface area contributed by atoms with Crippen molar-refractivity contribution in [3.63, 3.8) is 0 Å². The summed E-state index contributed by atoms with van der Waals surface area (Å²) in [5, 5.41) is 16.0. The molecule has 0 unspecified atom stereocenters. The number of nitrogens with one attached hydrogen (secondary N) is 1. The molecule has 3 rings (SSSR count). The van der Waals surface area contributed by atoms with Crippen molar-refractivity contribution in [2.45, 2.75) is 0 Å². The zero-order valence-electron chi connectivity index (χ0n) is 14.6. The van der Waals surface area contributed by atoms with Gasteiger partial charge in [0.2, 0.25) is 0 Å². The lowest BCUT2D eigenvalue weighted by atomic mass is 10.1. The summed E-state index contributed by atoms with van der Waals surface area (Å²) in [5.74, 6) is 0.991. The number of carbonyl (C=O) groups excluding carboxylic acids is 1. The van der Waals surface area contributed by atoms with Gasteiger partial charge < -0.3 is 9.94 Å². The molecule has 3 aromatic rings. The molecule has 1 amide bonds. The van der Waals surface area contributed by atoms with Crippen LogP contribution in [0.4, 0.5) is 0 Å². The zero-order valence-corrected chi connectivity index (χ0v) is 16.2. The molecule has 3 aromatic carbocycles. The average molecular weight is 438 g/mol. The Labute approximate surface area is 170 Å². The summed E-state index contributed by atoms with van der Waals surface area (Å²) in [7, 11) is 0. The van der Waals surface area contributed by atoms with Crippen molar-refractivity contribution >= 4 is 33.8 Å². The fraction of sp³-hybridized carbons (Fsp3) is 0. The van der Waals surface area contributed by atoms with Gasteiger partial charge in [-0.3, -0.25) is 4.79 Å². The monoisotopic (exact) mass is 437 g/mol. The third-order valence-corrected chi connectivity index (χ3v) is 4.17. The highest BCUT2D eigenvalue weighted by Crippen LogP contribution is 2.21. The van der Waals surface area contributed by atoms with Gasteiger partial charge in [-0.1, -0.05) is 45.4 Å². The van der Waals surface area contributed by atoms with Crippen molar-refractivity contribution < 1.29 is 14.7 Å².